The number of ether oxygens (including phenoxy) is 1. The number of alkyl halides is 3. The molecular weight excluding hydrogens is 289 g/mol. The molecule has 114 valence electrons. The van der Waals surface area contributed by atoms with Gasteiger partial charge in [0.2, 0.25) is 0 Å². The maximum absolute atomic E-state index is 12.3. The van der Waals surface area contributed by atoms with Gasteiger partial charge in [-0.3, -0.25) is 9.36 Å². The third-order valence-corrected chi connectivity index (χ3v) is 3.01. The first-order chi connectivity index (χ1) is 9.81. The average Bonchev–Trinajstić information content (AvgIpc) is 2.38. The van der Waals surface area contributed by atoms with Gasteiger partial charge in [-0.05, 0) is 31.5 Å². The molecule has 0 bridgehead atoms. The Morgan fingerprint density at radius 2 is 2.14 bits per heavy atom. The van der Waals surface area contributed by atoms with Gasteiger partial charge in [-0.25, -0.2) is 4.98 Å². The largest absolute Gasteiger partial charge is 0.573 e. The van der Waals surface area contributed by atoms with Crippen LogP contribution in [0.5, 0.6) is 5.75 Å². The van der Waals surface area contributed by atoms with Gasteiger partial charge in [-0.1, -0.05) is 0 Å². The van der Waals surface area contributed by atoms with E-state index in [2.05, 4.69) is 9.72 Å². The van der Waals surface area contributed by atoms with Gasteiger partial charge in [0, 0.05) is 12.6 Å². The second-order valence-corrected chi connectivity index (χ2v) is 4.55. The predicted octanol–water partition coefficient (Wildman–Crippen LogP) is 2.24. The molecule has 1 aromatic carbocycles. The third-order valence-electron chi connectivity index (χ3n) is 3.01. The van der Waals surface area contributed by atoms with E-state index in [1.165, 1.54) is 17.0 Å². The number of aromatic nitrogens is 2. The quantitative estimate of drug-likeness (QED) is 0.940. The molecule has 0 amide bonds. The van der Waals surface area contributed by atoms with Crippen LogP contribution in [0.4, 0.5) is 13.2 Å². The van der Waals surface area contributed by atoms with Crippen LogP contribution in [0.1, 0.15) is 19.4 Å². The normalized spacial score (nSPS) is 13.4. The van der Waals surface area contributed by atoms with Crippen molar-refractivity contribution in [3.05, 3.63) is 34.9 Å². The molecule has 1 aromatic heterocycles. The van der Waals surface area contributed by atoms with E-state index in [1.54, 1.807) is 6.92 Å². The number of benzene rings is 1. The number of hydrogen-bond acceptors (Lipinski definition) is 4. The lowest BCUT2D eigenvalue weighted by Gasteiger charge is -2.14. The van der Waals surface area contributed by atoms with Crippen LogP contribution < -0.4 is 10.3 Å². The third kappa shape index (κ3) is 3.52. The van der Waals surface area contributed by atoms with Gasteiger partial charge >= 0.3 is 6.36 Å². The summed E-state index contributed by atoms with van der Waals surface area (Å²) >= 11 is 0. The Labute approximate surface area is 117 Å². The van der Waals surface area contributed by atoms with Gasteiger partial charge < -0.3 is 9.84 Å². The summed E-state index contributed by atoms with van der Waals surface area (Å²) in [5, 5.41) is 8.92. The van der Waals surface area contributed by atoms with Crippen molar-refractivity contribution < 1.29 is 23.0 Å². The molecule has 0 fully saturated rings. The van der Waals surface area contributed by atoms with Gasteiger partial charge in [0.05, 0.1) is 17.2 Å². The van der Waals surface area contributed by atoms with Crippen LogP contribution in [0.15, 0.2) is 29.3 Å². The van der Waals surface area contributed by atoms with Gasteiger partial charge in [0.25, 0.3) is 5.56 Å². The molecular formula is C13H13F3N2O3. The Morgan fingerprint density at radius 3 is 2.76 bits per heavy atom. The Kier molecular flexibility index (Phi) is 4.17. The van der Waals surface area contributed by atoms with Gasteiger partial charge in [0.15, 0.2) is 0 Å². The number of halogens is 3. The van der Waals surface area contributed by atoms with E-state index >= 15 is 0 Å². The molecule has 1 atom stereocenters. The Hall–Kier alpha value is -2.09. The molecule has 5 nitrogen and oxygen atoms in total. The highest BCUT2D eigenvalue weighted by molar-refractivity contribution is 5.78. The van der Waals surface area contributed by atoms with Crippen molar-refractivity contribution in [2.75, 3.05) is 6.61 Å². The van der Waals surface area contributed by atoms with Crippen molar-refractivity contribution in [2.24, 2.45) is 0 Å². The number of aliphatic hydroxyl groups is 1. The highest BCUT2D eigenvalue weighted by atomic mass is 19.4. The molecule has 1 heterocycles. The first-order valence-corrected chi connectivity index (χ1v) is 6.19. The second-order valence-electron chi connectivity index (χ2n) is 4.55. The molecule has 8 heteroatoms. The molecule has 0 spiro atoms. The minimum atomic E-state index is -4.82. The predicted molar refractivity (Wildman–Crippen MR) is 69.1 cm³/mol. The summed E-state index contributed by atoms with van der Waals surface area (Å²) < 4.78 is 41.7. The van der Waals surface area contributed by atoms with E-state index in [0.717, 1.165) is 12.1 Å². The molecule has 0 saturated heterocycles. The zero-order valence-corrected chi connectivity index (χ0v) is 11.1. The van der Waals surface area contributed by atoms with Crippen molar-refractivity contribution in [1.29, 1.82) is 0 Å². The topological polar surface area (TPSA) is 64.3 Å². The van der Waals surface area contributed by atoms with Crippen LogP contribution in [-0.4, -0.2) is 27.6 Å². The summed E-state index contributed by atoms with van der Waals surface area (Å²) in [6.07, 6.45) is -3.17. The lowest BCUT2D eigenvalue weighted by Crippen LogP contribution is -2.24. The standard InChI is InChI=1S/C13H13F3N2O3/c1-8(4-5-19)18-7-17-11-3-2-9(21-13(14,15)16)6-10(11)12(18)20/h2-3,6-8,19H,4-5H2,1H3. The Bertz CT molecular complexity index is 697. The molecule has 2 rings (SSSR count). The minimum absolute atomic E-state index is 0.0315. The molecule has 21 heavy (non-hydrogen) atoms. The molecule has 1 unspecified atom stereocenters. The summed E-state index contributed by atoms with van der Waals surface area (Å²) in [4.78, 5) is 16.3. The number of nitrogens with zero attached hydrogens (tertiary/aromatic N) is 2. The molecule has 2 aromatic rings. The molecule has 0 radical (unpaired) electrons. The van der Waals surface area contributed by atoms with Crippen molar-refractivity contribution in [3.8, 4) is 5.75 Å². The van der Waals surface area contributed by atoms with Crippen LogP contribution in [-0.2, 0) is 0 Å². The number of hydrogen-bond donors (Lipinski definition) is 1. The van der Waals surface area contributed by atoms with Crippen LogP contribution >= 0.6 is 0 Å². The number of fused-ring (bicyclic) bond motifs is 1. The zero-order chi connectivity index (χ0) is 15.6. The zero-order valence-electron chi connectivity index (χ0n) is 11.1. The highest BCUT2D eigenvalue weighted by Crippen LogP contribution is 2.24. The van der Waals surface area contributed by atoms with Crippen LogP contribution in [0.25, 0.3) is 10.9 Å². The summed E-state index contributed by atoms with van der Waals surface area (Å²) in [6, 6.07) is 3.09. The lowest BCUT2D eigenvalue weighted by molar-refractivity contribution is -0.274. The van der Waals surface area contributed by atoms with E-state index < -0.39 is 17.7 Å². The maximum Gasteiger partial charge on any atom is 0.573 e. The second kappa shape index (κ2) is 5.72. The highest BCUT2D eigenvalue weighted by Gasteiger charge is 2.31. The average molecular weight is 302 g/mol. The molecule has 0 saturated carbocycles. The summed E-state index contributed by atoms with van der Waals surface area (Å²) in [7, 11) is 0. The lowest BCUT2D eigenvalue weighted by atomic mass is 10.2. The van der Waals surface area contributed by atoms with Crippen LogP contribution in [0, 0.1) is 0 Å². The molecule has 0 aliphatic heterocycles. The monoisotopic (exact) mass is 302 g/mol. The van der Waals surface area contributed by atoms with E-state index in [4.69, 9.17) is 5.11 Å². The fraction of sp³-hybridized carbons (Fsp3) is 0.385. The summed E-state index contributed by atoms with van der Waals surface area (Å²) in [5.41, 5.74) is -0.199. The first-order valence-electron chi connectivity index (χ1n) is 6.19. The van der Waals surface area contributed by atoms with Crippen molar-refractivity contribution in [1.82, 2.24) is 9.55 Å². The van der Waals surface area contributed by atoms with Crippen molar-refractivity contribution in [3.63, 3.8) is 0 Å². The van der Waals surface area contributed by atoms with Gasteiger partial charge in [-0.15, -0.1) is 13.2 Å². The fourth-order valence-corrected chi connectivity index (χ4v) is 1.95. The fourth-order valence-electron chi connectivity index (χ4n) is 1.95. The number of aliphatic hydroxyl groups excluding tert-OH is 1. The van der Waals surface area contributed by atoms with Crippen molar-refractivity contribution >= 4 is 10.9 Å². The van der Waals surface area contributed by atoms with E-state index in [0.29, 0.717) is 6.42 Å². The maximum atomic E-state index is 12.3. The van der Waals surface area contributed by atoms with Gasteiger partial charge in [-0.2, -0.15) is 0 Å². The summed E-state index contributed by atoms with van der Waals surface area (Å²) in [6.45, 7) is 1.60. The van der Waals surface area contributed by atoms with Crippen LogP contribution in [0.2, 0.25) is 0 Å². The van der Waals surface area contributed by atoms with E-state index in [-0.39, 0.29) is 23.6 Å². The van der Waals surface area contributed by atoms with E-state index in [9.17, 15) is 18.0 Å². The molecule has 1 N–H and O–H groups in total. The first kappa shape index (κ1) is 15.3. The van der Waals surface area contributed by atoms with Gasteiger partial charge in [0.1, 0.15) is 5.75 Å². The minimum Gasteiger partial charge on any atom is -0.406 e. The van der Waals surface area contributed by atoms with Crippen molar-refractivity contribution in [2.45, 2.75) is 25.7 Å². The Balaban J connectivity index is 2.49. The van der Waals surface area contributed by atoms with E-state index in [1.807, 2.05) is 0 Å². The number of rotatable bonds is 4. The smallest absolute Gasteiger partial charge is 0.406 e. The SMILES string of the molecule is CC(CCO)n1cnc2ccc(OC(F)(F)F)cc2c1=O. The van der Waals surface area contributed by atoms with Crippen LogP contribution in [0.3, 0.4) is 0 Å². The molecule has 0 aliphatic rings. The molecule has 0 aliphatic carbocycles. The Morgan fingerprint density at radius 1 is 1.43 bits per heavy atom. The summed E-state index contributed by atoms with van der Waals surface area (Å²) in [5.74, 6) is -0.471.